The molecule has 0 amide bonds. The average molecular weight is 216 g/mol. The van der Waals surface area contributed by atoms with Crippen molar-refractivity contribution >= 4 is 0 Å². The van der Waals surface area contributed by atoms with E-state index in [0.29, 0.717) is 5.92 Å². The van der Waals surface area contributed by atoms with Crippen molar-refractivity contribution in [2.75, 3.05) is 0 Å². The van der Waals surface area contributed by atoms with Gasteiger partial charge >= 0.3 is 0 Å². The summed E-state index contributed by atoms with van der Waals surface area (Å²) in [4.78, 5) is 0. The van der Waals surface area contributed by atoms with Gasteiger partial charge in [0.2, 0.25) is 0 Å². The zero-order valence-electron chi connectivity index (χ0n) is 11.2. The second-order valence-corrected chi connectivity index (χ2v) is 3.42. The van der Waals surface area contributed by atoms with Gasteiger partial charge in [0, 0.05) is 5.92 Å². The Kier molecular flexibility index (Phi) is 8.24. The molecule has 0 saturated heterocycles. The molecule has 0 aliphatic carbocycles. The third-order valence-corrected chi connectivity index (χ3v) is 2.49. The van der Waals surface area contributed by atoms with E-state index in [2.05, 4.69) is 69.3 Å². The first-order valence-corrected chi connectivity index (χ1v) is 6.13. The molecular weight excluding hydrogens is 192 g/mol. The first-order chi connectivity index (χ1) is 7.79. The molecule has 0 heteroatoms. The Labute approximate surface area is 101 Å². The summed E-state index contributed by atoms with van der Waals surface area (Å²) in [5.74, 6) is 0.484. The van der Waals surface area contributed by atoms with Gasteiger partial charge in [-0.15, -0.1) is 0 Å². The average Bonchev–Trinajstić information content (AvgIpc) is 2.38. The molecule has 16 heavy (non-hydrogen) atoms. The quantitative estimate of drug-likeness (QED) is 0.598. The van der Waals surface area contributed by atoms with Crippen LogP contribution in [0, 0.1) is 0 Å². The molecule has 0 fully saturated rings. The lowest BCUT2D eigenvalue weighted by molar-refractivity contribution is 0.918. The van der Waals surface area contributed by atoms with Crippen molar-refractivity contribution in [1.29, 1.82) is 0 Å². The molecule has 1 aromatic rings. The molecule has 0 N–H and O–H groups in total. The molecule has 88 valence electrons. The van der Waals surface area contributed by atoms with Crippen LogP contribution in [0.2, 0.25) is 0 Å². The van der Waals surface area contributed by atoms with E-state index in [0.717, 1.165) is 0 Å². The van der Waals surface area contributed by atoms with E-state index in [1.165, 1.54) is 11.1 Å². The van der Waals surface area contributed by atoms with Crippen LogP contribution >= 0.6 is 0 Å². The van der Waals surface area contributed by atoms with Crippen LogP contribution < -0.4 is 0 Å². The van der Waals surface area contributed by atoms with Gasteiger partial charge in [0.1, 0.15) is 0 Å². The van der Waals surface area contributed by atoms with Gasteiger partial charge in [-0.25, -0.2) is 0 Å². The van der Waals surface area contributed by atoms with Gasteiger partial charge in [0.25, 0.3) is 0 Å². The molecule has 0 nitrogen and oxygen atoms in total. The maximum atomic E-state index is 2.24. The first-order valence-electron chi connectivity index (χ1n) is 6.13. The number of rotatable bonds is 3. The summed E-state index contributed by atoms with van der Waals surface area (Å²) in [5, 5.41) is 0. The molecule has 1 atom stereocenters. The normalized spacial score (nSPS) is 13.2. The van der Waals surface area contributed by atoms with Gasteiger partial charge in [-0.1, -0.05) is 69.3 Å². The van der Waals surface area contributed by atoms with E-state index in [1.807, 2.05) is 13.8 Å². The Morgan fingerprint density at radius 1 is 1.06 bits per heavy atom. The third kappa shape index (κ3) is 4.48. The van der Waals surface area contributed by atoms with E-state index < -0.39 is 0 Å². The van der Waals surface area contributed by atoms with Crippen LogP contribution in [0.15, 0.2) is 54.1 Å². The predicted molar refractivity (Wildman–Crippen MR) is 74.8 cm³/mol. The minimum Gasteiger partial charge on any atom is -0.0874 e. The van der Waals surface area contributed by atoms with Crippen molar-refractivity contribution in [3.8, 4) is 0 Å². The van der Waals surface area contributed by atoms with E-state index in [-0.39, 0.29) is 0 Å². The maximum absolute atomic E-state index is 2.24. The minimum atomic E-state index is 0.484. The van der Waals surface area contributed by atoms with Gasteiger partial charge in [0.05, 0.1) is 0 Å². The van der Waals surface area contributed by atoms with Crippen molar-refractivity contribution in [3.05, 3.63) is 59.7 Å². The fourth-order valence-corrected chi connectivity index (χ4v) is 1.62. The van der Waals surface area contributed by atoms with Crippen LogP contribution in [0.25, 0.3) is 0 Å². The Hall–Kier alpha value is -1.30. The lowest BCUT2D eigenvalue weighted by Crippen LogP contribution is -1.95. The SMILES string of the molecule is C/C=C\C(=C/C)C(C)c1ccccc1.CC. The van der Waals surface area contributed by atoms with Crippen molar-refractivity contribution in [1.82, 2.24) is 0 Å². The fourth-order valence-electron chi connectivity index (χ4n) is 1.62. The fraction of sp³-hybridized carbons (Fsp3) is 0.375. The molecule has 1 aromatic carbocycles. The molecule has 0 aliphatic rings. The molecule has 0 aromatic heterocycles. The van der Waals surface area contributed by atoms with Crippen LogP contribution in [0.1, 0.15) is 46.1 Å². The van der Waals surface area contributed by atoms with Crippen molar-refractivity contribution in [2.24, 2.45) is 0 Å². The van der Waals surface area contributed by atoms with Crippen LogP contribution in [-0.2, 0) is 0 Å². The third-order valence-electron chi connectivity index (χ3n) is 2.49. The number of hydrogen-bond donors (Lipinski definition) is 0. The number of hydrogen-bond acceptors (Lipinski definition) is 0. The lowest BCUT2D eigenvalue weighted by atomic mass is 9.92. The van der Waals surface area contributed by atoms with Crippen LogP contribution in [0.4, 0.5) is 0 Å². The van der Waals surface area contributed by atoms with Crippen LogP contribution in [-0.4, -0.2) is 0 Å². The summed E-state index contributed by atoms with van der Waals surface area (Å²) in [5.41, 5.74) is 2.75. The van der Waals surface area contributed by atoms with Crippen LogP contribution in [0.3, 0.4) is 0 Å². The summed E-state index contributed by atoms with van der Waals surface area (Å²) >= 11 is 0. The van der Waals surface area contributed by atoms with Gasteiger partial charge in [-0.05, 0) is 25.0 Å². The monoisotopic (exact) mass is 216 g/mol. The summed E-state index contributed by atoms with van der Waals surface area (Å²) in [6.07, 6.45) is 6.45. The van der Waals surface area contributed by atoms with Crippen LogP contribution in [0.5, 0.6) is 0 Å². The molecule has 0 radical (unpaired) electrons. The van der Waals surface area contributed by atoms with Crippen molar-refractivity contribution in [2.45, 2.75) is 40.5 Å². The Bertz CT molecular complexity index is 317. The highest BCUT2D eigenvalue weighted by molar-refractivity contribution is 5.33. The largest absolute Gasteiger partial charge is 0.0874 e. The Balaban J connectivity index is 0.00000106. The van der Waals surface area contributed by atoms with E-state index in [9.17, 15) is 0 Å². The molecule has 0 saturated carbocycles. The second kappa shape index (κ2) is 8.96. The van der Waals surface area contributed by atoms with Gasteiger partial charge in [-0.3, -0.25) is 0 Å². The molecule has 1 rings (SSSR count). The first kappa shape index (κ1) is 14.7. The van der Waals surface area contributed by atoms with Crippen molar-refractivity contribution in [3.63, 3.8) is 0 Å². The standard InChI is InChI=1S/C14H18.C2H6/c1-4-9-13(5-2)12(3)14-10-7-6-8-11-14;1-2/h4-12H,1-3H3;1-2H3/b9-4-,13-5+;. The smallest absolute Gasteiger partial charge is 0.00576 e. The van der Waals surface area contributed by atoms with Gasteiger partial charge in [0.15, 0.2) is 0 Å². The molecule has 0 bridgehead atoms. The van der Waals surface area contributed by atoms with Crippen molar-refractivity contribution < 1.29 is 0 Å². The summed E-state index contributed by atoms with van der Waals surface area (Å²) in [6.45, 7) is 10.4. The predicted octanol–water partition coefficient (Wildman–Crippen LogP) is 5.34. The molecular formula is C16H24. The number of benzene rings is 1. The van der Waals surface area contributed by atoms with Gasteiger partial charge in [-0.2, -0.15) is 0 Å². The van der Waals surface area contributed by atoms with Gasteiger partial charge < -0.3 is 0 Å². The molecule has 1 unspecified atom stereocenters. The summed E-state index contributed by atoms with van der Waals surface area (Å²) in [6, 6.07) is 10.6. The summed E-state index contributed by atoms with van der Waals surface area (Å²) in [7, 11) is 0. The summed E-state index contributed by atoms with van der Waals surface area (Å²) < 4.78 is 0. The molecule has 0 spiro atoms. The second-order valence-electron chi connectivity index (χ2n) is 3.42. The highest BCUT2D eigenvalue weighted by Gasteiger charge is 2.06. The molecule has 0 heterocycles. The van der Waals surface area contributed by atoms with E-state index >= 15 is 0 Å². The molecule has 0 aliphatic heterocycles. The Morgan fingerprint density at radius 3 is 2.06 bits per heavy atom. The topological polar surface area (TPSA) is 0 Å². The maximum Gasteiger partial charge on any atom is 0.00576 e. The van der Waals surface area contributed by atoms with E-state index in [4.69, 9.17) is 0 Å². The zero-order valence-corrected chi connectivity index (χ0v) is 11.2. The Morgan fingerprint density at radius 2 is 1.62 bits per heavy atom. The minimum absolute atomic E-state index is 0.484. The lowest BCUT2D eigenvalue weighted by Gasteiger charge is -2.12. The highest BCUT2D eigenvalue weighted by atomic mass is 14.1. The number of allylic oxidation sites excluding steroid dienone is 4. The van der Waals surface area contributed by atoms with E-state index in [1.54, 1.807) is 0 Å². The highest BCUT2D eigenvalue weighted by Crippen LogP contribution is 2.24. The zero-order chi connectivity index (χ0) is 12.4.